The van der Waals surface area contributed by atoms with Gasteiger partial charge in [0.25, 0.3) is 0 Å². The molecule has 0 aliphatic carbocycles. The summed E-state index contributed by atoms with van der Waals surface area (Å²) in [6, 6.07) is 7.84. The predicted octanol–water partition coefficient (Wildman–Crippen LogP) is 3.23. The van der Waals surface area contributed by atoms with E-state index in [9.17, 15) is 19.1 Å². The molecule has 1 aromatic heterocycles. The fourth-order valence-corrected chi connectivity index (χ4v) is 5.24. The van der Waals surface area contributed by atoms with E-state index in [-0.39, 0.29) is 24.4 Å². The number of amides is 1. The van der Waals surface area contributed by atoms with Crippen molar-refractivity contribution in [2.75, 3.05) is 0 Å². The fourth-order valence-electron chi connectivity index (χ4n) is 5.24. The summed E-state index contributed by atoms with van der Waals surface area (Å²) in [7, 11) is 1.94. The fraction of sp³-hybridized carbons (Fsp3) is 0.500. The third-order valence-electron chi connectivity index (χ3n) is 6.70. The Morgan fingerprint density at radius 2 is 1.79 bits per heavy atom. The average molecular weight is 399 g/mol. The van der Waals surface area contributed by atoms with E-state index in [1.165, 1.54) is 30.0 Å². The van der Waals surface area contributed by atoms with Gasteiger partial charge in [-0.25, -0.2) is 4.39 Å². The zero-order valence-corrected chi connectivity index (χ0v) is 16.7. The molecule has 2 bridgehead atoms. The topological polar surface area (TPSA) is 75.4 Å². The van der Waals surface area contributed by atoms with Crippen molar-refractivity contribution in [2.24, 2.45) is 7.05 Å². The Balaban J connectivity index is 1.63. The molecule has 2 aliphatic heterocycles. The van der Waals surface area contributed by atoms with Gasteiger partial charge >= 0.3 is 5.97 Å². The van der Waals surface area contributed by atoms with Gasteiger partial charge in [-0.15, -0.1) is 0 Å². The van der Waals surface area contributed by atoms with Gasteiger partial charge in [0.15, 0.2) is 0 Å². The lowest BCUT2D eigenvalue weighted by atomic mass is 9.76. The van der Waals surface area contributed by atoms with Crippen molar-refractivity contribution in [3.63, 3.8) is 0 Å². The number of aromatic nitrogens is 2. The van der Waals surface area contributed by atoms with Crippen molar-refractivity contribution in [3.8, 4) is 0 Å². The number of aliphatic carboxylic acids is 1. The monoisotopic (exact) mass is 399 g/mol. The summed E-state index contributed by atoms with van der Waals surface area (Å²) in [5.74, 6) is -1.26. The minimum Gasteiger partial charge on any atom is -0.481 e. The molecule has 2 aliphatic rings. The Bertz CT molecular complexity index is 912. The average Bonchev–Trinajstić information content (AvgIpc) is 3.21. The summed E-state index contributed by atoms with van der Waals surface area (Å²) in [5, 5.41) is 13.8. The van der Waals surface area contributed by atoms with Crippen molar-refractivity contribution in [1.29, 1.82) is 0 Å². The van der Waals surface area contributed by atoms with E-state index in [2.05, 4.69) is 5.10 Å². The number of aryl methyl sites for hydroxylation is 1. The van der Waals surface area contributed by atoms with Gasteiger partial charge < -0.3 is 10.0 Å². The first-order valence-corrected chi connectivity index (χ1v) is 10.1. The standard InChI is InChI=1S/C22H26FN3O3/c1-22(13-20(27)28,15-3-5-16(23)6-4-15)21(29)26-17-7-8-18(26)12-14(11-17)19-9-10-24-25(19)2/h3-6,9-10,14,17-18H,7-8,11-13H2,1-2H3,(H,27,28). The maximum absolute atomic E-state index is 13.7. The van der Waals surface area contributed by atoms with Crippen molar-refractivity contribution in [1.82, 2.24) is 14.7 Å². The highest BCUT2D eigenvalue weighted by molar-refractivity contribution is 5.92. The Labute approximate surface area is 169 Å². The van der Waals surface area contributed by atoms with Crippen LogP contribution in [0, 0.1) is 5.82 Å². The number of hydrogen-bond donors (Lipinski definition) is 1. The normalized spacial score (nSPS) is 25.6. The molecule has 1 aromatic carbocycles. The van der Waals surface area contributed by atoms with Crippen LogP contribution in [0.15, 0.2) is 36.5 Å². The lowest BCUT2D eigenvalue weighted by Crippen LogP contribution is -2.53. The van der Waals surface area contributed by atoms with Crippen LogP contribution in [0.5, 0.6) is 0 Å². The summed E-state index contributed by atoms with van der Waals surface area (Å²) in [4.78, 5) is 27.3. The summed E-state index contributed by atoms with van der Waals surface area (Å²) in [5.41, 5.74) is 0.500. The molecule has 6 nitrogen and oxygen atoms in total. The predicted molar refractivity (Wildman–Crippen MR) is 105 cm³/mol. The van der Waals surface area contributed by atoms with Crippen molar-refractivity contribution >= 4 is 11.9 Å². The van der Waals surface area contributed by atoms with Crippen LogP contribution in [0.2, 0.25) is 0 Å². The summed E-state index contributed by atoms with van der Waals surface area (Å²) in [6.45, 7) is 1.67. The van der Waals surface area contributed by atoms with E-state index in [1.54, 1.807) is 13.1 Å². The van der Waals surface area contributed by atoms with Crippen LogP contribution in [-0.2, 0) is 22.1 Å². The molecule has 1 N–H and O–H groups in total. The third-order valence-corrected chi connectivity index (χ3v) is 6.70. The molecule has 3 unspecified atom stereocenters. The Morgan fingerprint density at radius 3 is 2.31 bits per heavy atom. The second kappa shape index (κ2) is 7.28. The zero-order valence-electron chi connectivity index (χ0n) is 16.7. The van der Waals surface area contributed by atoms with Gasteiger partial charge in [-0.2, -0.15) is 5.10 Å². The molecule has 0 radical (unpaired) electrons. The van der Waals surface area contributed by atoms with Crippen molar-refractivity contribution in [3.05, 3.63) is 53.6 Å². The first-order chi connectivity index (χ1) is 13.8. The number of carbonyl (C=O) groups excluding carboxylic acids is 1. The van der Waals surface area contributed by atoms with E-state index in [4.69, 9.17) is 0 Å². The summed E-state index contributed by atoms with van der Waals surface area (Å²) in [6.07, 6.45) is 5.04. The first-order valence-electron chi connectivity index (χ1n) is 10.1. The van der Waals surface area contributed by atoms with Crippen molar-refractivity contribution in [2.45, 2.75) is 62.4 Å². The maximum Gasteiger partial charge on any atom is 0.304 e. The molecule has 1 amide bonds. The molecule has 154 valence electrons. The highest BCUT2D eigenvalue weighted by Crippen LogP contribution is 2.45. The number of carbonyl (C=O) groups is 2. The van der Waals surface area contributed by atoms with Crippen LogP contribution < -0.4 is 0 Å². The second-order valence-corrected chi connectivity index (χ2v) is 8.55. The van der Waals surface area contributed by atoms with Gasteiger partial charge in [0.2, 0.25) is 5.91 Å². The summed E-state index contributed by atoms with van der Waals surface area (Å²) < 4.78 is 15.3. The van der Waals surface area contributed by atoms with Crippen LogP contribution in [0.3, 0.4) is 0 Å². The van der Waals surface area contributed by atoms with E-state index in [0.29, 0.717) is 11.5 Å². The minimum absolute atomic E-state index is 0.0923. The zero-order chi connectivity index (χ0) is 20.8. The SMILES string of the molecule is Cn1nccc1C1CC2CCC(C1)N2C(=O)C(C)(CC(=O)O)c1ccc(F)cc1. The van der Waals surface area contributed by atoms with Crippen LogP contribution in [0.1, 0.15) is 56.2 Å². The second-order valence-electron chi connectivity index (χ2n) is 8.55. The lowest BCUT2D eigenvalue weighted by molar-refractivity contribution is -0.148. The number of benzene rings is 1. The molecule has 29 heavy (non-hydrogen) atoms. The van der Waals surface area contributed by atoms with E-state index < -0.39 is 17.2 Å². The van der Waals surface area contributed by atoms with Crippen LogP contribution in [0.4, 0.5) is 4.39 Å². The van der Waals surface area contributed by atoms with E-state index in [0.717, 1.165) is 25.7 Å². The first kappa shape index (κ1) is 19.6. The highest BCUT2D eigenvalue weighted by Gasteiger charge is 2.50. The Kier molecular flexibility index (Phi) is 4.92. The number of rotatable bonds is 5. The minimum atomic E-state index is -1.22. The number of carboxylic acid groups (broad SMARTS) is 1. The highest BCUT2D eigenvalue weighted by atomic mass is 19.1. The number of carboxylic acids is 1. The quantitative estimate of drug-likeness (QED) is 0.838. The van der Waals surface area contributed by atoms with E-state index >= 15 is 0 Å². The van der Waals surface area contributed by atoms with Gasteiger partial charge in [-0.05, 0) is 56.4 Å². The van der Waals surface area contributed by atoms with E-state index in [1.807, 2.05) is 22.7 Å². The molecule has 3 atom stereocenters. The molecule has 2 saturated heterocycles. The number of fused-ring (bicyclic) bond motifs is 2. The lowest BCUT2D eigenvalue weighted by Gasteiger charge is -2.43. The molecule has 4 rings (SSSR count). The molecule has 0 spiro atoms. The number of nitrogens with zero attached hydrogens (tertiary/aromatic N) is 3. The number of hydrogen-bond acceptors (Lipinski definition) is 3. The molecule has 2 fully saturated rings. The largest absolute Gasteiger partial charge is 0.481 e. The smallest absolute Gasteiger partial charge is 0.304 e. The molecular weight excluding hydrogens is 373 g/mol. The third kappa shape index (κ3) is 3.43. The van der Waals surface area contributed by atoms with Gasteiger partial charge in [0, 0.05) is 36.9 Å². The van der Waals surface area contributed by atoms with Gasteiger partial charge in [0.05, 0.1) is 11.8 Å². The molecule has 3 heterocycles. The summed E-state index contributed by atoms with van der Waals surface area (Å²) >= 11 is 0. The number of piperidine rings is 1. The Morgan fingerprint density at radius 1 is 1.17 bits per heavy atom. The molecule has 7 heteroatoms. The van der Waals surface area contributed by atoms with Crippen molar-refractivity contribution < 1.29 is 19.1 Å². The van der Waals surface area contributed by atoms with Gasteiger partial charge in [-0.3, -0.25) is 14.3 Å². The molecule has 2 aromatic rings. The van der Waals surface area contributed by atoms with Crippen LogP contribution in [-0.4, -0.2) is 43.7 Å². The molecular formula is C22H26FN3O3. The van der Waals surface area contributed by atoms with Crippen LogP contribution >= 0.6 is 0 Å². The number of halogens is 1. The maximum atomic E-state index is 13.7. The van der Waals surface area contributed by atoms with Gasteiger partial charge in [0.1, 0.15) is 5.82 Å². The van der Waals surface area contributed by atoms with Crippen LogP contribution in [0.25, 0.3) is 0 Å². The Hall–Kier alpha value is -2.70. The van der Waals surface area contributed by atoms with Gasteiger partial charge in [-0.1, -0.05) is 12.1 Å². The molecule has 0 saturated carbocycles.